The molecule has 0 N–H and O–H groups in total. The van der Waals surface area contributed by atoms with Gasteiger partial charge in [-0.25, -0.2) is 9.78 Å². The van der Waals surface area contributed by atoms with Crippen LogP contribution in [0.4, 0.5) is 0 Å². The summed E-state index contributed by atoms with van der Waals surface area (Å²) in [6.07, 6.45) is 2.85. The Morgan fingerprint density at radius 2 is 1.70 bits per heavy atom. The monoisotopic (exact) mass is 506 g/mol. The number of carbonyl (C=O) groups excluding carboxylic acids is 1. The number of benzene rings is 3. The van der Waals surface area contributed by atoms with Gasteiger partial charge in [-0.15, -0.1) is 4.73 Å². The van der Waals surface area contributed by atoms with Gasteiger partial charge in [0.2, 0.25) is 0 Å². The molecule has 7 nitrogen and oxygen atoms in total. The van der Waals surface area contributed by atoms with Crippen molar-refractivity contribution in [1.29, 1.82) is 0 Å². The van der Waals surface area contributed by atoms with Crippen molar-refractivity contribution in [2.75, 3.05) is 14.2 Å². The minimum atomic E-state index is -0.723. The van der Waals surface area contributed by atoms with Crippen molar-refractivity contribution in [1.82, 2.24) is 9.71 Å². The molecule has 1 heterocycles. The SMILES string of the molecule is COc1ccc(-c2nc3ccccc3c(=O)n2OC(=O)C=Cc2ccc(Br)cc2)cc1OC. The lowest BCUT2D eigenvalue weighted by molar-refractivity contribution is -0.138. The van der Waals surface area contributed by atoms with Crippen LogP contribution in [-0.2, 0) is 4.79 Å². The number of para-hydroxylation sites is 1. The Bertz CT molecular complexity index is 1410. The highest BCUT2D eigenvalue weighted by atomic mass is 79.9. The summed E-state index contributed by atoms with van der Waals surface area (Å²) in [6, 6.07) is 19.3. The van der Waals surface area contributed by atoms with E-state index in [-0.39, 0.29) is 5.82 Å². The standard InChI is InChI=1S/C25H19BrN2O5/c1-31-21-13-10-17(15-22(21)32-2)24-27-20-6-4-3-5-19(20)25(30)28(24)33-23(29)14-9-16-7-11-18(26)12-8-16/h3-15H,1-2H3. The van der Waals surface area contributed by atoms with Gasteiger partial charge in [-0.2, -0.15) is 0 Å². The van der Waals surface area contributed by atoms with Crippen LogP contribution in [0.2, 0.25) is 0 Å². The Labute approximate surface area is 197 Å². The first kappa shape index (κ1) is 22.3. The van der Waals surface area contributed by atoms with Crippen LogP contribution >= 0.6 is 15.9 Å². The lowest BCUT2D eigenvalue weighted by Crippen LogP contribution is -2.32. The maximum atomic E-state index is 13.2. The topological polar surface area (TPSA) is 79.6 Å². The molecule has 0 spiro atoms. The number of methoxy groups -OCH3 is 2. The van der Waals surface area contributed by atoms with Crippen LogP contribution in [0.3, 0.4) is 0 Å². The summed E-state index contributed by atoms with van der Waals surface area (Å²) >= 11 is 3.37. The van der Waals surface area contributed by atoms with Crippen molar-refractivity contribution < 1.29 is 19.1 Å². The van der Waals surface area contributed by atoms with E-state index in [1.54, 1.807) is 48.5 Å². The zero-order valence-corrected chi connectivity index (χ0v) is 19.4. The highest BCUT2D eigenvalue weighted by Gasteiger charge is 2.17. The largest absolute Gasteiger partial charge is 0.493 e. The van der Waals surface area contributed by atoms with E-state index >= 15 is 0 Å². The van der Waals surface area contributed by atoms with Crippen LogP contribution in [0.25, 0.3) is 28.4 Å². The molecule has 0 radical (unpaired) electrons. The molecule has 0 atom stereocenters. The fourth-order valence-corrected chi connectivity index (χ4v) is 3.48. The van der Waals surface area contributed by atoms with Crippen LogP contribution < -0.4 is 19.9 Å². The highest BCUT2D eigenvalue weighted by Crippen LogP contribution is 2.31. The second-order valence-corrected chi connectivity index (χ2v) is 7.83. The Balaban J connectivity index is 1.78. The molecule has 8 heteroatoms. The first-order valence-electron chi connectivity index (χ1n) is 9.90. The van der Waals surface area contributed by atoms with Gasteiger partial charge in [-0.1, -0.05) is 40.2 Å². The minimum Gasteiger partial charge on any atom is -0.493 e. The fourth-order valence-electron chi connectivity index (χ4n) is 3.22. The predicted molar refractivity (Wildman–Crippen MR) is 129 cm³/mol. The van der Waals surface area contributed by atoms with E-state index in [0.717, 1.165) is 14.8 Å². The van der Waals surface area contributed by atoms with E-state index in [0.29, 0.717) is 28.0 Å². The molecule has 0 aliphatic carbocycles. The van der Waals surface area contributed by atoms with Gasteiger partial charge in [-0.05, 0) is 54.1 Å². The Morgan fingerprint density at radius 1 is 0.970 bits per heavy atom. The molecule has 0 saturated heterocycles. The van der Waals surface area contributed by atoms with Gasteiger partial charge in [0.1, 0.15) is 0 Å². The number of rotatable bonds is 6. The molecule has 3 aromatic carbocycles. The molecule has 0 saturated carbocycles. The summed E-state index contributed by atoms with van der Waals surface area (Å²) < 4.78 is 12.5. The molecule has 4 rings (SSSR count). The molecule has 0 aliphatic rings. The van der Waals surface area contributed by atoms with E-state index in [1.807, 2.05) is 24.3 Å². The molecule has 0 fully saturated rings. The van der Waals surface area contributed by atoms with Crippen LogP contribution in [0.15, 0.2) is 82.1 Å². The number of ether oxygens (including phenoxy) is 2. The van der Waals surface area contributed by atoms with E-state index in [2.05, 4.69) is 20.9 Å². The van der Waals surface area contributed by atoms with Crippen molar-refractivity contribution in [2.45, 2.75) is 0 Å². The Hall–Kier alpha value is -3.91. The summed E-state index contributed by atoms with van der Waals surface area (Å²) in [5, 5.41) is 0.325. The number of halogens is 1. The molecule has 0 amide bonds. The van der Waals surface area contributed by atoms with Crippen LogP contribution in [0.1, 0.15) is 5.56 Å². The first-order chi connectivity index (χ1) is 16.0. The van der Waals surface area contributed by atoms with Crippen molar-refractivity contribution in [2.24, 2.45) is 0 Å². The number of hydrogen-bond donors (Lipinski definition) is 0. The third-order valence-corrected chi connectivity index (χ3v) is 5.37. The van der Waals surface area contributed by atoms with Gasteiger partial charge in [0.15, 0.2) is 17.3 Å². The highest BCUT2D eigenvalue weighted by molar-refractivity contribution is 9.10. The van der Waals surface area contributed by atoms with Crippen LogP contribution in [0, 0.1) is 0 Å². The lowest BCUT2D eigenvalue weighted by Gasteiger charge is -2.14. The fraction of sp³-hybridized carbons (Fsp3) is 0.0800. The molecular formula is C25H19BrN2O5. The maximum absolute atomic E-state index is 13.2. The van der Waals surface area contributed by atoms with Crippen molar-refractivity contribution in [3.8, 4) is 22.9 Å². The third kappa shape index (κ3) is 4.80. The van der Waals surface area contributed by atoms with Gasteiger partial charge in [0.25, 0.3) is 5.56 Å². The van der Waals surface area contributed by atoms with E-state index in [1.165, 1.54) is 20.3 Å². The Kier molecular flexibility index (Phi) is 6.55. The van der Waals surface area contributed by atoms with E-state index in [4.69, 9.17) is 14.3 Å². The van der Waals surface area contributed by atoms with Crippen molar-refractivity contribution in [3.63, 3.8) is 0 Å². The zero-order valence-electron chi connectivity index (χ0n) is 17.8. The average molecular weight is 507 g/mol. The van der Waals surface area contributed by atoms with Gasteiger partial charge >= 0.3 is 5.97 Å². The van der Waals surface area contributed by atoms with Gasteiger partial charge in [0.05, 0.1) is 25.1 Å². The molecule has 0 unspecified atom stereocenters. The van der Waals surface area contributed by atoms with Crippen molar-refractivity contribution in [3.05, 3.63) is 93.2 Å². The van der Waals surface area contributed by atoms with E-state index in [9.17, 15) is 9.59 Å². The summed E-state index contributed by atoms with van der Waals surface area (Å²) in [5.41, 5.74) is 1.29. The second kappa shape index (κ2) is 9.70. The summed E-state index contributed by atoms with van der Waals surface area (Å²) in [5.74, 6) is 0.402. The molecule has 0 bridgehead atoms. The number of aromatic nitrogens is 2. The van der Waals surface area contributed by atoms with Gasteiger partial charge in [0, 0.05) is 16.1 Å². The molecule has 0 aliphatic heterocycles. The van der Waals surface area contributed by atoms with E-state index < -0.39 is 11.5 Å². The second-order valence-electron chi connectivity index (χ2n) is 6.92. The predicted octanol–water partition coefficient (Wildman–Crippen LogP) is 4.51. The molecule has 33 heavy (non-hydrogen) atoms. The number of carbonyl (C=O) groups is 1. The summed E-state index contributed by atoms with van der Waals surface area (Å²) in [7, 11) is 3.04. The minimum absolute atomic E-state index is 0.157. The smallest absolute Gasteiger partial charge is 0.356 e. The molecule has 4 aromatic rings. The van der Waals surface area contributed by atoms with Crippen LogP contribution in [0.5, 0.6) is 11.5 Å². The number of fused-ring (bicyclic) bond motifs is 1. The zero-order chi connectivity index (χ0) is 23.4. The maximum Gasteiger partial charge on any atom is 0.356 e. The molecule has 1 aromatic heterocycles. The Morgan fingerprint density at radius 3 is 2.42 bits per heavy atom. The quantitative estimate of drug-likeness (QED) is 0.358. The number of nitrogens with zero attached hydrogens (tertiary/aromatic N) is 2. The molecule has 166 valence electrons. The lowest BCUT2D eigenvalue weighted by atomic mass is 10.1. The summed E-state index contributed by atoms with van der Waals surface area (Å²) in [4.78, 5) is 35.8. The van der Waals surface area contributed by atoms with Gasteiger partial charge in [-0.3, -0.25) is 4.79 Å². The number of hydrogen-bond acceptors (Lipinski definition) is 6. The normalized spacial score (nSPS) is 11.0. The van der Waals surface area contributed by atoms with Crippen molar-refractivity contribution >= 4 is 38.9 Å². The summed E-state index contributed by atoms with van der Waals surface area (Å²) in [6.45, 7) is 0. The van der Waals surface area contributed by atoms with Gasteiger partial charge < -0.3 is 14.3 Å². The first-order valence-corrected chi connectivity index (χ1v) is 10.7. The van der Waals surface area contributed by atoms with Crippen LogP contribution in [-0.4, -0.2) is 29.9 Å². The average Bonchev–Trinajstić information content (AvgIpc) is 2.85. The third-order valence-electron chi connectivity index (χ3n) is 4.84. The molecular weight excluding hydrogens is 488 g/mol.